The van der Waals surface area contributed by atoms with Gasteiger partial charge in [0.2, 0.25) is 0 Å². The molecular formula is C15H15N3O2S. The number of aromatic nitrogens is 2. The third-order valence-electron chi connectivity index (χ3n) is 3.08. The Balaban J connectivity index is 1.83. The van der Waals surface area contributed by atoms with E-state index in [1.54, 1.807) is 7.11 Å². The van der Waals surface area contributed by atoms with Crippen molar-refractivity contribution in [2.24, 2.45) is 0 Å². The number of nitrogens with zero attached hydrogens (tertiary/aromatic N) is 2. The third kappa shape index (κ3) is 2.90. The molecule has 2 heterocycles. The average molecular weight is 301 g/mol. The van der Waals surface area contributed by atoms with E-state index in [1.165, 1.54) is 11.3 Å². The zero-order valence-corrected chi connectivity index (χ0v) is 12.6. The van der Waals surface area contributed by atoms with Crippen molar-refractivity contribution in [1.82, 2.24) is 10.1 Å². The Kier molecular flexibility index (Phi) is 3.62. The van der Waals surface area contributed by atoms with E-state index < -0.39 is 0 Å². The molecular weight excluding hydrogens is 286 g/mol. The zero-order valence-electron chi connectivity index (χ0n) is 11.8. The standard InChI is InChI=1S/C15H15N3O2S/c1-9-6-12(14(16)21-9)15-17-13(18-20-15)8-10-4-3-5-11(7-10)19-2/h3-7H,8,16H2,1-2H3. The van der Waals surface area contributed by atoms with Crippen molar-refractivity contribution in [2.45, 2.75) is 13.3 Å². The van der Waals surface area contributed by atoms with Gasteiger partial charge in [0.15, 0.2) is 5.82 Å². The minimum absolute atomic E-state index is 0.467. The maximum absolute atomic E-state index is 5.95. The van der Waals surface area contributed by atoms with Gasteiger partial charge in [-0.3, -0.25) is 0 Å². The fourth-order valence-corrected chi connectivity index (χ4v) is 2.88. The summed E-state index contributed by atoms with van der Waals surface area (Å²) in [6.07, 6.45) is 0.587. The smallest absolute Gasteiger partial charge is 0.260 e. The number of benzene rings is 1. The maximum Gasteiger partial charge on any atom is 0.260 e. The number of nitrogens with two attached hydrogens (primary N) is 1. The van der Waals surface area contributed by atoms with Crippen molar-refractivity contribution in [3.8, 4) is 17.2 Å². The van der Waals surface area contributed by atoms with Gasteiger partial charge in [-0.2, -0.15) is 4.98 Å². The molecule has 0 saturated carbocycles. The molecule has 0 spiro atoms. The lowest BCUT2D eigenvalue weighted by Crippen LogP contribution is -1.92. The van der Waals surface area contributed by atoms with Gasteiger partial charge in [-0.15, -0.1) is 11.3 Å². The van der Waals surface area contributed by atoms with E-state index >= 15 is 0 Å². The number of hydrogen-bond donors (Lipinski definition) is 1. The van der Waals surface area contributed by atoms with E-state index in [4.69, 9.17) is 15.0 Å². The highest BCUT2D eigenvalue weighted by atomic mass is 32.1. The maximum atomic E-state index is 5.95. The highest BCUT2D eigenvalue weighted by molar-refractivity contribution is 7.16. The lowest BCUT2D eigenvalue weighted by atomic mass is 10.1. The predicted octanol–water partition coefficient (Wildman–Crippen LogP) is 3.29. The van der Waals surface area contributed by atoms with E-state index in [0.29, 0.717) is 23.1 Å². The molecule has 5 nitrogen and oxygen atoms in total. The van der Waals surface area contributed by atoms with Crippen LogP contribution < -0.4 is 10.5 Å². The van der Waals surface area contributed by atoms with Crippen LogP contribution in [-0.2, 0) is 6.42 Å². The van der Waals surface area contributed by atoms with E-state index in [2.05, 4.69) is 10.1 Å². The summed E-state index contributed by atoms with van der Waals surface area (Å²) in [5.74, 6) is 1.91. The van der Waals surface area contributed by atoms with Crippen LogP contribution in [0, 0.1) is 6.92 Å². The lowest BCUT2D eigenvalue weighted by molar-refractivity contribution is 0.414. The van der Waals surface area contributed by atoms with E-state index in [-0.39, 0.29) is 0 Å². The number of rotatable bonds is 4. The van der Waals surface area contributed by atoms with Crippen LogP contribution in [0.25, 0.3) is 11.5 Å². The molecule has 3 rings (SSSR count). The molecule has 6 heteroatoms. The van der Waals surface area contributed by atoms with Crippen molar-refractivity contribution in [1.29, 1.82) is 0 Å². The summed E-state index contributed by atoms with van der Waals surface area (Å²) in [5, 5.41) is 4.71. The van der Waals surface area contributed by atoms with Crippen LogP contribution in [0.15, 0.2) is 34.9 Å². The van der Waals surface area contributed by atoms with Gasteiger partial charge < -0.3 is 15.0 Å². The van der Waals surface area contributed by atoms with Gasteiger partial charge in [-0.1, -0.05) is 17.3 Å². The second-order valence-electron chi connectivity index (χ2n) is 4.68. The first-order chi connectivity index (χ1) is 10.2. The van der Waals surface area contributed by atoms with E-state index in [1.807, 2.05) is 37.3 Å². The van der Waals surface area contributed by atoms with Gasteiger partial charge in [0.25, 0.3) is 5.89 Å². The Bertz CT molecular complexity index is 764. The van der Waals surface area contributed by atoms with Gasteiger partial charge in [-0.05, 0) is 30.7 Å². The monoisotopic (exact) mass is 301 g/mol. The molecule has 0 aliphatic rings. The molecule has 0 unspecified atom stereocenters. The Morgan fingerprint density at radius 2 is 2.19 bits per heavy atom. The summed E-state index contributed by atoms with van der Waals surface area (Å²) >= 11 is 1.52. The van der Waals surface area contributed by atoms with Crippen LogP contribution in [-0.4, -0.2) is 17.3 Å². The molecule has 0 bridgehead atoms. The number of hydrogen-bond acceptors (Lipinski definition) is 6. The topological polar surface area (TPSA) is 74.2 Å². The molecule has 1 aromatic carbocycles. The number of aryl methyl sites for hydroxylation is 1. The molecule has 3 aromatic rings. The number of nitrogen functional groups attached to an aromatic ring is 1. The SMILES string of the molecule is COc1cccc(Cc2noc(-c3cc(C)sc3N)n2)c1. The molecule has 2 aromatic heterocycles. The fraction of sp³-hybridized carbons (Fsp3) is 0.200. The van der Waals surface area contributed by atoms with Crippen molar-refractivity contribution in [3.05, 3.63) is 46.6 Å². The zero-order chi connectivity index (χ0) is 14.8. The molecule has 0 aliphatic carbocycles. The molecule has 0 atom stereocenters. The van der Waals surface area contributed by atoms with Crippen LogP contribution in [0.1, 0.15) is 16.3 Å². The minimum Gasteiger partial charge on any atom is -0.497 e. The first kappa shape index (κ1) is 13.6. The molecule has 108 valence electrons. The summed E-state index contributed by atoms with van der Waals surface area (Å²) in [5.41, 5.74) is 7.82. The van der Waals surface area contributed by atoms with Gasteiger partial charge in [0.1, 0.15) is 5.75 Å². The van der Waals surface area contributed by atoms with Gasteiger partial charge >= 0.3 is 0 Å². The average Bonchev–Trinajstić information content (AvgIpc) is 3.05. The van der Waals surface area contributed by atoms with Crippen molar-refractivity contribution in [3.63, 3.8) is 0 Å². The second kappa shape index (κ2) is 5.57. The van der Waals surface area contributed by atoms with Crippen molar-refractivity contribution >= 4 is 16.3 Å². The second-order valence-corrected chi connectivity index (χ2v) is 5.97. The van der Waals surface area contributed by atoms with E-state index in [9.17, 15) is 0 Å². The highest BCUT2D eigenvalue weighted by Crippen LogP contribution is 2.32. The molecule has 2 N–H and O–H groups in total. The van der Waals surface area contributed by atoms with Gasteiger partial charge in [0, 0.05) is 11.3 Å². The summed E-state index contributed by atoms with van der Waals surface area (Å²) in [6.45, 7) is 2.00. The Hall–Kier alpha value is -2.34. The Morgan fingerprint density at radius 3 is 2.90 bits per heavy atom. The Labute approximate surface area is 126 Å². The summed E-state index contributed by atoms with van der Waals surface area (Å²) in [6, 6.07) is 9.76. The van der Waals surface area contributed by atoms with E-state index in [0.717, 1.165) is 21.8 Å². The number of ether oxygens (including phenoxy) is 1. The number of thiophene rings is 1. The molecule has 0 amide bonds. The Morgan fingerprint density at radius 1 is 1.33 bits per heavy atom. The number of anilines is 1. The lowest BCUT2D eigenvalue weighted by Gasteiger charge is -2.01. The number of methoxy groups -OCH3 is 1. The van der Waals surface area contributed by atoms with Crippen LogP contribution in [0.4, 0.5) is 5.00 Å². The molecule has 21 heavy (non-hydrogen) atoms. The van der Waals surface area contributed by atoms with Gasteiger partial charge in [-0.25, -0.2) is 0 Å². The van der Waals surface area contributed by atoms with Crippen LogP contribution in [0.3, 0.4) is 0 Å². The minimum atomic E-state index is 0.467. The molecule has 0 fully saturated rings. The quantitative estimate of drug-likeness (QED) is 0.800. The summed E-state index contributed by atoms with van der Waals surface area (Å²) in [7, 11) is 1.65. The van der Waals surface area contributed by atoms with Crippen LogP contribution >= 0.6 is 11.3 Å². The summed E-state index contributed by atoms with van der Waals surface area (Å²) < 4.78 is 10.5. The van der Waals surface area contributed by atoms with Gasteiger partial charge in [0.05, 0.1) is 17.7 Å². The third-order valence-corrected chi connectivity index (χ3v) is 3.96. The molecule has 0 radical (unpaired) electrons. The first-order valence-corrected chi connectivity index (χ1v) is 7.29. The molecule has 0 saturated heterocycles. The van der Waals surface area contributed by atoms with Crippen molar-refractivity contribution in [2.75, 3.05) is 12.8 Å². The molecule has 0 aliphatic heterocycles. The normalized spacial score (nSPS) is 10.8. The fourth-order valence-electron chi connectivity index (χ4n) is 2.10. The van der Waals surface area contributed by atoms with Crippen LogP contribution in [0.5, 0.6) is 5.75 Å². The highest BCUT2D eigenvalue weighted by Gasteiger charge is 2.14. The first-order valence-electron chi connectivity index (χ1n) is 6.47. The van der Waals surface area contributed by atoms with Crippen molar-refractivity contribution < 1.29 is 9.26 Å². The van der Waals surface area contributed by atoms with Crippen LogP contribution in [0.2, 0.25) is 0 Å². The largest absolute Gasteiger partial charge is 0.497 e. The summed E-state index contributed by atoms with van der Waals surface area (Å²) in [4.78, 5) is 5.53. The predicted molar refractivity (Wildman–Crippen MR) is 82.6 cm³/mol.